The number of carbonyl (C=O) groups excluding carboxylic acids is 1. The molecule has 1 aromatic heterocycles. The highest BCUT2D eigenvalue weighted by atomic mass is 16.5. The Balaban J connectivity index is 1.31. The molecule has 0 spiro atoms. The zero-order valence-corrected chi connectivity index (χ0v) is 15.5. The summed E-state index contributed by atoms with van der Waals surface area (Å²) >= 11 is 0. The third-order valence-electron chi connectivity index (χ3n) is 5.77. The fourth-order valence-electron chi connectivity index (χ4n) is 4.25. The fraction of sp³-hybridized carbons (Fsp3) is 0.789. The van der Waals surface area contributed by atoms with Gasteiger partial charge in [-0.15, -0.1) is 0 Å². The molecule has 3 aliphatic heterocycles. The van der Waals surface area contributed by atoms with Crippen molar-refractivity contribution in [1.29, 1.82) is 0 Å². The normalized spacial score (nSPS) is 24.8. The summed E-state index contributed by atoms with van der Waals surface area (Å²) in [4.78, 5) is 16.8. The largest absolute Gasteiger partial charge is 0.381 e. The summed E-state index contributed by atoms with van der Waals surface area (Å²) in [6.45, 7) is 7.11. The van der Waals surface area contributed by atoms with Gasteiger partial charge in [0.1, 0.15) is 0 Å². The molecule has 4 heterocycles. The van der Waals surface area contributed by atoms with Crippen LogP contribution >= 0.6 is 0 Å². The van der Waals surface area contributed by atoms with E-state index in [0.29, 0.717) is 19.1 Å². The van der Waals surface area contributed by atoms with Gasteiger partial charge in [0, 0.05) is 52.2 Å². The molecular weight excluding hydrogens is 332 g/mol. The Morgan fingerprint density at radius 1 is 1.23 bits per heavy atom. The van der Waals surface area contributed by atoms with Crippen molar-refractivity contribution >= 4 is 5.91 Å². The highest BCUT2D eigenvalue weighted by Crippen LogP contribution is 2.22. The maximum Gasteiger partial charge on any atom is 0.236 e. The van der Waals surface area contributed by atoms with E-state index in [1.807, 2.05) is 11.1 Å². The third kappa shape index (κ3) is 4.27. The molecule has 2 fully saturated rings. The Morgan fingerprint density at radius 2 is 2.04 bits per heavy atom. The zero-order valence-electron chi connectivity index (χ0n) is 15.5. The molecule has 3 aliphatic rings. The molecule has 0 N–H and O–H groups in total. The average molecular weight is 362 g/mol. The monoisotopic (exact) mass is 362 g/mol. The quantitative estimate of drug-likeness (QED) is 0.764. The average Bonchev–Trinajstić information content (AvgIpc) is 3.34. The van der Waals surface area contributed by atoms with Gasteiger partial charge >= 0.3 is 0 Å². The van der Waals surface area contributed by atoms with Gasteiger partial charge in [-0.1, -0.05) is 0 Å². The molecule has 1 atom stereocenters. The summed E-state index contributed by atoms with van der Waals surface area (Å²) in [5, 5.41) is 4.49. The Bertz CT molecular complexity index is 593. The fourth-order valence-corrected chi connectivity index (χ4v) is 4.25. The molecule has 7 heteroatoms. The van der Waals surface area contributed by atoms with Gasteiger partial charge in [0.2, 0.25) is 5.91 Å². The second kappa shape index (κ2) is 8.50. The number of hydrogen-bond acceptors (Lipinski definition) is 5. The standard InChI is InChI=1S/C19H30N4O3/c24-19(22-7-1-2-8-22)13-21-11-17-3-6-20-23(17)18(12-21)15-26-14-16-4-9-25-10-5-16/h3,6,16,18H,1-2,4-5,7-15H2. The number of hydrogen-bond donors (Lipinski definition) is 0. The van der Waals surface area contributed by atoms with E-state index >= 15 is 0 Å². The lowest BCUT2D eigenvalue weighted by molar-refractivity contribution is -0.132. The number of likely N-dealkylation sites (tertiary alicyclic amines) is 1. The molecule has 0 saturated carbocycles. The number of amides is 1. The molecule has 0 aromatic carbocycles. The van der Waals surface area contributed by atoms with Gasteiger partial charge in [0.15, 0.2) is 0 Å². The molecule has 0 bridgehead atoms. The van der Waals surface area contributed by atoms with E-state index in [1.54, 1.807) is 0 Å². The van der Waals surface area contributed by atoms with Gasteiger partial charge in [-0.3, -0.25) is 14.4 Å². The topological polar surface area (TPSA) is 59.8 Å². The minimum Gasteiger partial charge on any atom is -0.381 e. The first-order valence-electron chi connectivity index (χ1n) is 9.97. The van der Waals surface area contributed by atoms with Crippen LogP contribution in [0.15, 0.2) is 12.3 Å². The lowest BCUT2D eigenvalue weighted by Crippen LogP contribution is -2.45. The van der Waals surface area contributed by atoms with E-state index in [9.17, 15) is 4.79 Å². The number of aromatic nitrogens is 2. The van der Waals surface area contributed by atoms with Gasteiger partial charge < -0.3 is 14.4 Å². The Labute approximate surface area is 155 Å². The highest BCUT2D eigenvalue weighted by Gasteiger charge is 2.29. The lowest BCUT2D eigenvalue weighted by atomic mass is 10.0. The van der Waals surface area contributed by atoms with Crippen molar-refractivity contribution in [3.63, 3.8) is 0 Å². The number of rotatable bonds is 6. The molecule has 1 aromatic rings. The first kappa shape index (κ1) is 17.9. The lowest BCUT2D eigenvalue weighted by Gasteiger charge is -2.34. The van der Waals surface area contributed by atoms with Crippen molar-refractivity contribution in [1.82, 2.24) is 19.6 Å². The van der Waals surface area contributed by atoms with E-state index in [1.165, 1.54) is 5.69 Å². The van der Waals surface area contributed by atoms with Gasteiger partial charge in [0.05, 0.1) is 24.9 Å². The maximum atomic E-state index is 12.5. The summed E-state index contributed by atoms with van der Waals surface area (Å²) in [5.41, 5.74) is 1.17. The molecule has 0 aliphatic carbocycles. The molecule has 1 unspecified atom stereocenters. The van der Waals surface area contributed by atoms with Crippen LogP contribution in [0.1, 0.15) is 37.4 Å². The second-order valence-corrected chi connectivity index (χ2v) is 7.77. The van der Waals surface area contributed by atoms with E-state index in [-0.39, 0.29) is 11.9 Å². The summed E-state index contributed by atoms with van der Waals surface area (Å²) in [7, 11) is 0. The molecule has 2 saturated heterocycles. The van der Waals surface area contributed by atoms with Gasteiger partial charge in [-0.05, 0) is 37.7 Å². The van der Waals surface area contributed by atoms with Crippen molar-refractivity contribution in [2.24, 2.45) is 5.92 Å². The van der Waals surface area contributed by atoms with Crippen LogP contribution in [0, 0.1) is 5.92 Å². The van der Waals surface area contributed by atoms with Crippen molar-refractivity contribution in [3.05, 3.63) is 18.0 Å². The van der Waals surface area contributed by atoms with Crippen molar-refractivity contribution in [2.45, 2.75) is 38.3 Å². The van der Waals surface area contributed by atoms with Crippen molar-refractivity contribution in [2.75, 3.05) is 52.6 Å². The van der Waals surface area contributed by atoms with Crippen LogP contribution in [0.3, 0.4) is 0 Å². The molecule has 1 amide bonds. The van der Waals surface area contributed by atoms with Crippen LogP contribution in [0.25, 0.3) is 0 Å². The number of carbonyl (C=O) groups is 1. The molecular formula is C19H30N4O3. The molecule has 4 rings (SSSR count). The smallest absolute Gasteiger partial charge is 0.236 e. The van der Waals surface area contributed by atoms with Crippen molar-refractivity contribution < 1.29 is 14.3 Å². The van der Waals surface area contributed by atoms with Gasteiger partial charge in [-0.25, -0.2) is 0 Å². The summed E-state index contributed by atoms with van der Waals surface area (Å²) < 4.78 is 13.6. The maximum absolute atomic E-state index is 12.5. The number of ether oxygens (including phenoxy) is 2. The van der Waals surface area contributed by atoms with Crippen LogP contribution in [0.4, 0.5) is 0 Å². The Morgan fingerprint density at radius 3 is 2.85 bits per heavy atom. The molecule has 7 nitrogen and oxygen atoms in total. The van der Waals surface area contributed by atoms with Crippen molar-refractivity contribution in [3.8, 4) is 0 Å². The minimum atomic E-state index is 0.181. The number of nitrogens with zero attached hydrogens (tertiary/aromatic N) is 4. The van der Waals surface area contributed by atoms with Gasteiger partial charge in [-0.2, -0.15) is 5.10 Å². The minimum absolute atomic E-state index is 0.181. The van der Waals surface area contributed by atoms with Crippen LogP contribution in [-0.2, 0) is 20.8 Å². The van der Waals surface area contributed by atoms with E-state index in [4.69, 9.17) is 9.47 Å². The van der Waals surface area contributed by atoms with Crippen LogP contribution < -0.4 is 0 Å². The summed E-state index contributed by atoms with van der Waals surface area (Å²) in [6, 6.07) is 2.23. The Hall–Kier alpha value is -1.44. The van der Waals surface area contributed by atoms with Gasteiger partial charge in [0.25, 0.3) is 0 Å². The Kier molecular flexibility index (Phi) is 5.87. The highest BCUT2D eigenvalue weighted by molar-refractivity contribution is 5.78. The molecule has 26 heavy (non-hydrogen) atoms. The molecule has 144 valence electrons. The second-order valence-electron chi connectivity index (χ2n) is 7.77. The van der Waals surface area contributed by atoms with Crippen LogP contribution in [0.5, 0.6) is 0 Å². The zero-order chi connectivity index (χ0) is 17.8. The van der Waals surface area contributed by atoms with Crippen LogP contribution in [0.2, 0.25) is 0 Å². The SMILES string of the molecule is O=C(CN1Cc2ccnn2C(COCC2CCOCC2)C1)N1CCCC1. The predicted octanol–water partition coefficient (Wildman–Crippen LogP) is 1.31. The van der Waals surface area contributed by atoms with E-state index in [0.717, 1.165) is 71.7 Å². The molecule has 0 radical (unpaired) electrons. The predicted molar refractivity (Wildman–Crippen MR) is 96.7 cm³/mol. The number of fused-ring (bicyclic) bond motifs is 1. The van der Waals surface area contributed by atoms with E-state index < -0.39 is 0 Å². The summed E-state index contributed by atoms with van der Waals surface area (Å²) in [6.07, 6.45) is 6.32. The summed E-state index contributed by atoms with van der Waals surface area (Å²) in [5.74, 6) is 0.870. The first-order chi connectivity index (χ1) is 12.8. The van der Waals surface area contributed by atoms with E-state index in [2.05, 4.69) is 20.7 Å². The van der Waals surface area contributed by atoms with Crippen LogP contribution in [-0.4, -0.2) is 78.1 Å². The third-order valence-corrected chi connectivity index (χ3v) is 5.77. The first-order valence-corrected chi connectivity index (χ1v) is 9.97.